The Labute approximate surface area is 156 Å². The lowest BCUT2D eigenvalue weighted by molar-refractivity contribution is -0.137. The van der Waals surface area contributed by atoms with Crippen molar-refractivity contribution in [3.8, 4) is 0 Å². The number of carboxylic acids is 1. The molecule has 1 saturated heterocycles. The molecule has 0 bridgehead atoms. The molecule has 6 heteroatoms. The molecule has 6 nitrogen and oxygen atoms in total. The Balaban J connectivity index is 1.94. The van der Waals surface area contributed by atoms with Crippen molar-refractivity contribution >= 4 is 12.0 Å². The summed E-state index contributed by atoms with van der Waals surface area (Å²) in [6, 6.07) is 10.1. The fourth-order valence-corrected chi connectivity index (χ4v) is 3.34. The minimum absolute atomic E-state index is 0.0545. The van der Waals surface area contributed by atoms with Gasteiger partial charge in [-0.1, -0.05) is 30.3 Å². The number of nitrogens with zero attached hydrogens (tertiary/aromatic N) is 2. The number of aliphatic carboxylic acids is 1. The standard InChI is InChI=1S/C20H31N3O3/c1-16(2)22-11-6-12-23(14-13-22)20(26)21-18(9-10-19(24)25)15-17-7-4-3-5-8-17/h3-5,7-8,16,18H,6,9-15H2,1-2H3,(H,21,26)(H,24,25). The highest BCUT2D eigenvalue weighted by molar-refractivity contribution is 5.74. The molecule has 1 heterocycles. The average molecular weight is 361 g/mol. The molecule has 1 aliphatic heterocycles. The molecule has 0 aliphatic carbocycles. The first-order valence-electron chi connectivity index (χ1n) is 9.51. The molecule has 26 heavy (non-hydrogen) atoms. The molecule has 2 rings (SSSR count). The van der Waals surface area contributed by atoms with Crippen LogP contribution in [0.5, 0.6) is 0 Å². The van der Waals surface area contributed by atoms with Gasteiger partial charge in [0.25, 0.3) is 0 Å². The van der Waals surface area contributed by atoms with Gasteiger partial charge in [0.15, 0.2) is 0 Å². The highest BCUT2D eigenvalue weighted by Crippen LogP contribution is 2.11. The van der Waals surface area contributed by atoms with Crippen LogP contribution in [-0.4, -0.2) is 65.2 Å². The van der Waals surface area contributed by atoms with Crippen molar-refractivity contribution in [1.82, 2.24) is 15.1 Å². The molecule has 2 amide bonds. The Kier molecular flexibility index (Phi) is 7.91. The first-order chi connectivity index (χ1) is 12.5. The number of carbonyl (C=O) groups excluding carboxylic acids is 1. The van der Waals surface area contributed by atoms with Crippen molar-refractivity contribution in [3.63, 3.8) is 0 Å². The number of carboxylic acid groups (broad SMARTS) is 1. The number of hydrogen-bond acceptors (Lipinski definition) is 3. The third-order valence-corrected chi connectivity index (χ3v) is 4.91. The average Bonchev–Trinajstić information content (AvgIpc) is 2.87. The third kappa shape index (κ3) is 6.67. The Hall–Kier alpha value is -2.08. The summed E-state index contributed by atoms with van der Waals surface area (Å²) in [6.07, 6.45) is 2.09. The van der Waals surface area contributed by atoms with Crippen LogP contribution in [0.25, 0.3) is 0 Å². The van der Waals surface area contributed by atoms with Crippen molar-refractivity contribution in [1.29, 1.82) is 0 Å². The second-order valence-corrected chi connectivity index (χ2v) is 7.24. The lowest BCUT2D eigenvalue weighted by atomic mass is 10.0. The number of rotatable bonds is 7. The van der Waals surface area contributed by atoms with E-state index in [0.29, 0.717) is 25.4 Å². The van der Waals surface area contributed by atoms with Crippen LogP contribution in [0.2, 0.25) is 0 Å². The zero-order valence-corrected chi connectivity index (χ0v) is 15.9. The van der Waals surface area contributed by atoms with Crippen molar-refractivity contribution in [2.45, 2.75) is 51.6 Å². The smallest absolute Gasteiger partial charge is 0.317 e. The van der Waals surface area contributed by atoms with Gasteiger partial charge in [0.1, 0.15) is 0 Å². The van der Waals surface area contributed by atoms with Crippen molar-refractivity contribution in [2.75, 3.05) is 26.2 Å². The summed E-state index contributed by atoms with van der Waals surface area (Å²) in [4.78, 5) is 27.9. The van der Waals surface area contributed by atoms with E-state index in [1.807, 2.05) is 35.2 Å². The van der Waals surface area contributed by atoms with Gasteiger partial charge >= 0.3 is 12.0 Å². The topological polar surface area (TPSA) is 72.9 Å². The van der Waals surface area contributed by atoms with E-state index in [0.717, 1.165) is 31.6 Å². The van der Waals surface area contributed by atoms with E-state index in [-0.39, 0.29) is 18.5 Å². The number of hydrogen-bond donors (Lipinski definition) is 2. The maximum absolute atomic E-state index is 12.7. The van der Waals surface area contributed by atoms with Gasteiger partial charge in [0, 0.05) is 44.7 Å². The first kappa shape index (κ1) is 20.2. The number of urea groups is 1. The van der Waals surface area contributed by atoms with Gasteiger partial charge in [0.05, 0.1) is 0 Å². The predicted octanol–water partition coefficient (Wildman–Crippen LogP) is 2.59. The highest BCUT2D eigenvalue weighted by atomic mass is 16.4. The van der Waals surface area contributed by atoms with Crippen molar-refractivity contribution < 1.29 is 14.7 Å². The van der Waals surface area contributed by atoms with E-state index >= 15 is 0 Å². The largest absolute Gasteiger partial charge is 0.481 e. The van der Waals surface area contributed by atoms with E-state index in [1.54, 1.807) is 0 Å². The van der Waals surface area contributed by atoms with Crippen LogP contribution in [0, 0.1) is 0 Å². The van der Waals surface area contributed by atoms with Crippen LogP contribution < -0.4 is 5.32 Å². The van der Waals surface area contributed by atoms with Gasteiger partial charge < -0.3 is 15.3 Å². The lowest BCUT2D eigenvalue weighted by Gasteiger charge is -2.27. The number of benzene rings is 1. The molecule has 0 spiro atoms. The molecule has 1 aromatic carbocycles. The molecule has 1 unspecified atom stereocenters. The van der Waals surface area contributed by atoms with Crippen LogP contribution in [0.15, 0.2) is 30.3 Å². The van der Waals surface area contributed by atoms with Crippen LogP contribution in [-0.2, 0) is 11.2 Å². The zero-order valence-electron chi connectivity index (χ0n) is 15.9. The molecule has 0 saturated carbocycles. The monoisotopic (exact) mass is 361 g/mol. The summed E-state index contributed by atoms with van der Waals surface area (Å²) in [5.41, 5.74) is 1.10. The minimum atomic E-state index is -0.834. The number of nitrogens with one attached hydrogen (secondary N) is 1. The molecule has 0 radical (unpaired) electrons. The van der Waals surface area contributed by atoms with Gasteiger partial charge in [-0.05, 0) is 38.7 Å². The molecule has 1 fully saturated rings. The summed E-state index contributed by atoms with van der Waals surface area (Å²) in [7, 11) is 0. The van der Waals surface area contributed by atoms with Crippen LogP contribution in [0.3, 0.4) is 0 Å². The van der Waals surface area contributed by atoms with Gasteiger partial charge in [0.2, 0.25) is 0 Å². The second-order valence-electron chi connectivity index (χ2n) is 7.24. The molecule has 1 aromatic rings. The van der Waals surface area contributed by atoms with Gasteiger partial charge in [-0.3, -0.25) is 9.69 Å². The Morgan fingerprint density at radius 2 is 1.85 bits per heavy atom. The molecule has 144 valence electrons. The fraction of sp³-hybridized carbons (Fsp3) is 0.600. The molecule has 1 atom stereocenters. The number of amides is 2. The summed E-state index contributed by atoms with van der Waals surface area (Å²) in [5, 5.41) is 12.1. The molecule has 0 aromatic heterocycles. The van der Waals surface area contributed by atoms with Crippen molar-refractivity contribution in [2.24, 2.45) is 0 Å². The van der Waals surface area contributed by atoms with Gasteiger partial charge in [-0.15, -0.1) is 0 Å². The second kappa shape index (κ2) is 10.2. The van der Waals surface area contributed by atoms with E-state index in [4.69, 9.17) is 5.11 Å². The summed E-state index contributed by atoms with van der Waals surface area (Å²) >= 11 is 0. The molecule has 2 N–H and O–H groups in total. The Bertz CT molecular complexity index is 577. The predicted molar refractivity (Wildman–Crippen MR) is 102 cm³/mol. The van der Waals surface area contributed by atoms with Crippen LogP contribution in [0.1, 0.15) is 38.7 Å². The SMILES string of the molecule is CC(C)N1CCCN(C(=O)NC(CCC(=O)O)Cc2ccccc2)CC1. The van der Waals surface area contributed by atoms with E-state index < -0.39 is 5.97 Å². The normalized spacial score (nSPS) is 17.0. The highest BCUT2D eigenvalue weighted by Gasteiger charge is 2.22. The van der Waals surface area contributed by atoms with Crippen molar-refractivity contribution in [3.05, 3.63) is 35.9 Å². The van der Waals surface area contributed by atoms with Crippen LogP contribution >= 0.6 is 0 Å². The first-order valence-corrected chi connectivity index (χ1v) is 9.51. The molecular weight excluding hydrogens is 330 g/mol. The van der Waals surface area contributed by atoms with E-state index in [1.165, 1.54) is 0 Å². The van der Waals surface area contributed by atoms with E-state index in [2.05, 4.69) is 24.1 Å². The Morgan fingerprint density at radius 3 is 2.50 bits per heavy atom. The number of carbonyl (C=O) groups is 2. The summed E-state index contributed by atoms with van der Waals surface area (Å²) < 4.78 is 0. The third-order valence-electron chi connectivity index (χ3n) is 4.91. The fourth-order valence-electron chi connectivity index (χ4n) is 3.34. The maximum Gasteiger partial charge on any atom is 0.317 e. The van der Waals surface area contributed by atoms with Gasteiger partial charge in [-0.2, -0.15) is 0 Å². The molecular formula is C20H31N3O3. The Morgan fingerprint density at radius 1 is 1.12 bits per heavy atom. The maximum atomic E-state index is 12.7. The lowest BCUT2D eigenvalue weighted by Crippen LogP contribution is -2.47. The van der Waals surface area contributed by atoms with E-state index in [9.17, 15) is 9.59 Å². The quantitative estimate of drug-likeness (QED) is 0.783. The zero-order chi connectivity index (χ0) is 18.9. The minimum Gasteiger partial charge on any atom is -0.481 e. The summed E-state index contributed by atoms with van der Waals surface area (Å²) in [5.74, 6) is -0.834. The van der Waals surface area contributed by atoms with Gasteiger partial charge in [-0.25, -0.2) is 4.79 Å². The van der Waals surface area contributed by atoms with Crippen LogP contribution in [0.4, 0.5) is 4.79 Å². The summed E-state index contributed by atoms with van der Waals surface area (Å²) in [6.45, 7) is 7.69. The molecule has 1 aliphatic rings.